The molecule has 0 radical (unpaired) electrons. The molecular formula is C25H25N5O3. The fourth-order valence-electron chi connectivity index (χ4n) is 3.32. The van der Waals surface area contributed by atoms with E-state index in [0.717, 1.165) is 11.3 Å². The summed E-state index contributed by atoms with van der Waals surface area (Å²) in [6.45, 7) is 6.33. The molecule has 0 saturated heterocycles. The summed E-state index contributed by atoms with van der Waals surface area (Å²) >= 11 is 0. The van der Waals surface area contributed by atoms with E-state index in [1.807, 2.05) is 24.3 Å². The largest absolute Gasteiger partial charge is 0.437 e. The number of carbonyl (C=O) groups excluding carboxylic acids is 1. The highest BCUT2D eigenvalue weighted by Crippen LogP contribution is 2.35. The Labute approximate surface area is 191 Å². The van der Waals surface area contributed by atoms with E-state index in [1.165, 1.54) is 6.07 Å². The van der Waals surface area contributed by atoms with Crippen molar-refractivity contribution in [2.24, 2.45) is 0 Å². The summed E-state index contributed by atoms with van der Waals surface area (Å²) in [5, 5.41) is 8.25. The zero-order valence-electron chi connectivity index (χ0n) is 18.6. The molecular weight excluding hydrogens is 418 g/mol. The van der Waals surface area contributed by atoms with Gasteiger partial charge in [0.2, 0.25) is 5.88 Å². The Morgan fingerprint density at radius 3 is 2.42 bits per heavy atom. The van der Waals surface area contributed by atoms with Gasteiger partial charge in [0.15, 0.2) is 0 Å². The lowest BCUT2D eigenvalue weighted by atomic mass is 9.86. The molecule has 0 unspecified atom stereocenters. The van der Waals surface area contributed by atoms with Crippen LogP contribution in [-0.2, 0) is 5.41 Å². The average molecular weight is 444 g/mol. The van der Waals surface area contributed by atoms with E-state index >= 15 is 0 Å². The van der Waals surface area contributed by atoms with Gasteiger partial charge in [-0.2, -0.15) is 0 Å². The number of benzene rings is 2. The number of urea groups is 1. The van der Waals surface area contributed by atoms with E-state index in [-0.39, 0.29) is 11.0 Å². The average Bonchev–Trinajstić information content (AvgIpc) is 3.21. The van der Waals surface area contributed by atoms with E-state index in [1.54, 1.807) is 53.5 Å². The van der Waals surface area contributed by atoms with Gasteiger partial charge in [0, 0.05) is 29.7 Å². The van der Waals surface area contributed by atoms with Gasteiger partial charge in [-0.25, -0.2) is 9.78 Å². The fourth-order valence-corrected chi connectivity index (χ4v) is 3.32. The van der Waals surface area contributed by atoms with Crippen molar-refractivity contribution in [3.05, 3.63) is 95.0 Å². The lowest BCUT2D eigenvalue weighted by molar-refractivity contribution is 0.262. The molecule has 168 valence electrons. The quantitative estimate of drug-likeness (QED) is 0.390. The van der Waals surface area contributed by atoms with Gasteiger partial charge in [-0.15, -0.1) is 0 Å². The SMILES string of the molecule is CC(C)(C)c1ccccc1Oc1ncccc1NC(=O)Nc1ccc(-n2ccc(=O)[nH]2)cc1. The second-order valence-corrected chi connectivity index (χ2v) is 8.49. The molecule has 33 heavy (non-hydrogen) atoms. The molecule has 0 atom stereocenters. The molecule has 0 aliphatic carbocycles. The number of anilines is 2. The van der Waals surface area contributed by atoms with Crippen molar-refractivity contribution < 1.29 is 9.53 Å². The van der Waals surface area contributed by atoms with Gasteiger partial charge < -0.3 is 15.4 Å². The predicted octanol–water partition coefficient (Wildman–Crippen LogP) is 5.29. The summed E-state index contributed by atoms with van der Waals surface area (Å²) in [6, 6.07) is 19.3. The number of rotatable bonds is 5. The monoisotopic (exact) mass is 443 g/mol. The Morgan fingerprint density at radius 2 is 1.73 bits per heavy atom. The topological polar surface area (TPSA) is 101 Å². The first-order valence-electron chi connectivity index (χ1n) is 10.5. The number of H-pyrrole nitrogens is 1. The van der Waals surface area contributed by atoms with Crippen molar-refractivity contribution in [3.8, 4) is 17.3 Å². The maximum atomic E-state index is 12.6. The van der Waals surface area contributed by atoms with Crippen LogP contribution in [0.4, 0.5) is 16.2 Å². The molecule has 2 amide bonds. The van der Waals surface area contributed by atoms with Crippen LogP contribution >= 0.6 is 0 Å². The molecule has 0 aliphatic heterocycles. The fraction of sp³-hybridized carbons (Fsp3) is 0.160. The number of hydrogen-bond donors (Lipinski definition) is 3. The van der Waals surface area contributed by atoms with Crippen LogP contribution in [0.3, 0.4) is 0 Å². The number of carbonyl (C=O) groups is 1. The van der Waals surface area contributed by atoms with Crippen LogP contribution in [0, 0.1) is 0 Å². The zero-order valence-corrected chi connectivity index (χ0v) is 18.6. The van der Waals surface area contributed by atoms with Crippen LogP contribution < -0.4 is 20.9 Å². The number of nitrogens with one attached hydrogen (secondary N) is 3. The standard InChI is InChI=1S/C25H25N5O3/c1-25(2,3)19-7-4-5-9-21(19)33-23-20(8-6-15-26-23)28-24(32)27-17-10-12-18(13-11-17)30-16-14-22(31)29-30/h4-16H,1-3H3,(H,29,31)(H2,27,28,32). The van der Waals surface area contributed by atoms with Gasteiger partial charge in [0.1, 0.15) is 11.4 Å². The van der Waals surface area contributed by atoms with E-state index in [4.69, 9.17) is 4.74 Å². The van der Waals surface area contributed by atoms with Crippen LogP contribution in [0.1, 0.15) is 26.3 Å². The molecule has 2 heterocycles. The van der Waals surface area contributed by atoms with Crippen molar-refractivity contribution in [2.75, 3.05) is 10.6 Å². The minimum absolute atomic E-state index is 0.115. The van der Waals surface area contributed by atoms with Crippen LogP contribution in [0.25, 0.3) is 5.69 Å². The minimum Gasteiger partial charge on any atom is -0.437 e. The molecule has 3 N–H and O–H groups in total. The Kier molecular flexibility index (Phi) is 5.99. The molecule has 0 spiro atoms. The van der Waals surface area contributed by atoms with E-state index < -0.39 is 6.03 Å². The minimum atomic E-state index is -0.431. The first-order valence-corrected chi connectivity index (χ1v) is 10.5. The Morgan fingerprint density at radius 1 is 0.970 bits per heavy atom. The number of ether oxygens (including phenoxy) is 1. The highest BCUT2D eigenvalue weighted by Gasteiger charge is 2.20. The third-order valence-electron chi connectivity index (χ3n) is 4.93. The number of pyridine rings is 1. The number of hydrogen-bond acceptors (Lipinski definition) is 4. The predicted molar refractivity (Wildman–Crippen MR) is 128 cm³/mol. The van der Waals surface area contributed by atoms with Crippen molar-refractivity contribution >= 4 is 17.4 Å². The third kappa shape index (κ3) is 5.30. The maximum Gasteiger partial charge on any atom is 0.323 e. The lowest BCUT2D eigenvalue weighted by Gasteiger charge is -2.22. The number of nitrogens with zero attached hydrogens (tertiary/aromatic N) is 2. The summed E-state index contributed by atoms with van der Waals surface area (Å²) in [5.41, 5.74) is 2.54. The first kappa shape index (κ1) is 21.9. The summed E-state index contributed by atoms with van der Waals surface area (Å²) in [6.07, 6.45) is 3.25. The second kappa shape index (κ2) is 9.04. The van der Waals surface area contributed by atoms with E-state index in [0.29, 0.717) is 23.0 Å². The molecule has 0 fully saturated rings. The molecule has 4 aromatic rings. The molecule has 2 aromatic heterocycles. The summed E-state index contributed by atoms with van der Waals surface area (Å²) in [5.74, 6) is 0.988. The maximum absolute atomic E-state index is 12.6. The number of aromatic amines is 1. The second-order valence-electron chi connectivity index (χ2n) is 8.49. The molecule has 0 bridgehead atoms. The van der Waals surface area contributed by atoms with Gasteiger partial charge in [-0.1, -0.05) is 39.0 Å². The molecule has 2 aromatic carbocycles. The molecule has 8 heteroatoms. The number of para-hydroxylation sites is 1. The Balaban J connectivity index is 1.47. The van der Waals surface area contributed by atoms with Gasteiger partial charge in [-0.05, 0) is 47.9 Å². The normalized spacial score (nSPS) is 11.1. The Bertz CT molecular complexity index is 1320. The van der Waals surface area contributed by atoms with Crippen molar-refractivity contribution in [1.82, 2.24) is 14.8 Å². The molecule has 4 rings (SSSR count). The van der Waals surface area contributed by atoms with Crippen LogP contribution in [0.15, 0.2) is 83.9 Å². The van der Waals surface area contributed by atoms with E-state index in [2.05, 4.69) is 41.5 Å². The smallest absolute Gasteiger partial charge is 0.323 e. The van der Waals surface area contributed by atoms with Crippen LogP contribution in [-0.4, -0.2) is 20.8 Å². The van der Waals surface area contributed by atoms with Crippen LogP contribution in [0.2, 0.25) is 0 Å². The summed E-state index contributed by atoms with van der Waals surface area (Å²) < 4.78 is 7.70. The molecule has 8 nitrogen and oxygen atoms in total. The van der Waals surface area contributed by atoms with Gasteiger partial charge in [0.05, 0.1) is 5.69 Å². The van der Waals surface area contributed by atoms with Gasteiger partial charge in [-0.3, -0.25) is 14.6 Å². The lowest BCUT2D eigenvalue weighted by Crippen LogP contribution is -2.20. The molecule has 0 aliphatic rings. The van der Waals surface area contributed by atoms with E-state index in [9.17, 15) is 9.59 Å². The summed E-state index contributed by atoms with van der Waals surface area (Å²) in [7, 11) is 0. The molecule has 0 saturated carbocycles. The zero-order chi connectivity index (χ0) is 23.4. The number of aromatic nitrogens is 3. The van der Waals surface area contributed by atoms with Gasteiger partial charge in [0.25, 0.3) is 5.56 Å². The highest BCUT2D eigenvalue weighted by atomic mass is 16.5. The highest BCUT2D eigenvalue weighted by molar-refractivity contribution is 6.00. The third-order valence-corrected chi connectivity index (χ3v) is 4.93. The van der Waals surface area contributed by atoms with Crippen molar-refractivity contribution in [2.45, 2.75) is 26.2 Å². The Hall–Kier alpha value is -4.33. The summed E-state index contributed by atoms with van der Waals surface area (Å²) in [4.78, 5) is 28.2. The van der Waals surface area contributed by atoms with Gasteiger partial charge >= 0.3 is 6.03 Å². The first-order chi connectivity index (χ1) is 15.8. The van der Waals surface area contributed by atoms with Crippen molar-refractivity contribution in [3.63, 3.8) is 0 Å². The number of amides is 2. The van der Waals surface area contributed by atoms with Crippen LogP contribution in [0.5, 0.6) is 11.6 Å². The van der Waals surface area contributed by atoms with Crippen molar-refractivity contribution in [1.29, 1.82) is 0 Å².